The van der Waals surface area contributed by atoms with E-state index in [9.17, 15) is 0 Å². The molecule has 2 heterocycles. The molecule has 0 amide bonds. The second kappa shape index (κ2) is 12.6. The Balaban J connectivity index is 1.13. The molecule has 0 fully saturated rings. The molecule has 0 saturated heterocycles. The predicted molar refractivity (Wildman–Crippen MR) is 229 cm³/mol. The zero-order valence-corrected chi connectivity index (χ0v) is 29.8. The van der Waals surface area contributed by atoms with Crippen LogP contribution in [-0.2, 0) is 0 Å². The molecule has 55 heavy (non-hydrogen) atoms. The van der Waals surface area contributed by atoms with Gasteiger partial charge in [0.1, 0.15) is 11.2 Å². The van der Waals surface area contributed by atoms with E-state index < -0.39 is 0 Å². The van der Waals surface area contributed by atoms with Crippen molar-refractivity contribution in [1.29, 1.82) is 0 Å². The number of hydrogen-bond donors (Lipinski definition) is 0. The summed E-state index contributed by atoms with van der Waals surface area (Å²) < 4.78 is 6.75. The van der Waals surface area contributed by atoms with Crippen LogP contribution < -0.4 is 0 Å². The van der Waals surface area contributed by atoms with Crippen LogP contribution in [0.4, 0.5) is 0 Å². The van der Waals surface area contributed by atoms with E-state index in [-0.39, 0.29) is 0 Å². The van der Waals surface area contributed by atoms with Crippen molar-refractivity contribution >= 4 is 54.3 Å². The van der Waals surface area contributed by atoms with Crippen molar-refractivity contribution in [2.24, 2.45) is 0 Å². The summed E-state index contributed by atoms with van der Waals surface area (Å²) in [7, 11) is 0. The van der Waals surface area contributed by atoms with Crippen molar-refractivity contribution in [2.45, 2.75) is 0 Å². The SMILES string of the molecule is c1ccc(-c2cc(-c3cccc4c(-c5ccccc5)cccc34)nc(-c3cc4c5ccc(-c6ccc7ccccc7c6)cc5oc4c4ccccc34)n2)cc1. The molecule has 9 aromatic carbocycles. The van der Waals surface area contributed by atoms with Gasteiger partial charge in [-0.2, -0.15) is 0 Å². The van der Waals surface area contributed by atoms with Crippen molar-refractivity contribution in [3.05, 3.63) is 194 Å². The normalized spacial score (nSPS) is 11.6. The number of aromatic nitrogens is 2. The summed E-state index contributed by atoms with van der Waals surface area (Å²) in [6.07, 6.45) is 0. The van der Waals surface area contributed by atoms with Crippen LogP contribution in [0, 0.1) is 0 Å². The van der Waals surface area contributed by atoms with Crippen LogP contribution in [0.25, 0.3) is 110 Å². The van der Waals surface area contributed by atoms with Crippen LogP contribution >= 0.6 is 0 Å². The first-order valence-electron chi connectivity index (χ1n) is 18.6. The van der Waals surface area contributed by atoms with Gasteiger partial charge < -0.3 is 4.42 Å². The molecule has 0 radical (unpaired) electrons. The topological polar surface area (TPSA) is 38.9 Å². The first-order valence-corrected chi connectivity index (χ1v) is 18.6. The third kappa shape index (κ3) is 5.28. The largest absolute Gasteiger partial charge is 0.455 e. The Hall–Kier alpha value is -7.36. The third-order valence-electron chi connectivity index (χ3n) is 10.9. The van der Waals surface area contributed by atoms with Crippen molar-refractivity contribution < 1.29 is 4.42 Å². The first-order chi connectivity index (χ1) is 27.2. The molecule has 0 atom stereocenters. The Morgan fingerprint density at radius 3 is 1.73 bits per heavy atom. The number of nitrogens with zero attached hydrogens (tertiary/aromatic N) is 2. The van der Waals surface area contributed by atoms with Gasteiger partial charge in [0.05, 0.1) is 11.4 Å². The molecule has 0 aliphatic carbocycles. The average molecular weight is 701 g/mol. The maximum absolute atomic E-state index is 6.75. The van der Waals surface area contributed by atoms with Crippen LogP contribution in [0.1, 0.15) is 0 Å². The Bertz CT molecular complexity index is 3250. The molecule has 0 spiro atoms. The van der Waals surface area contributed by atoms with Gasteiger partial charge in [0, 0.05) is 32.8 Å². The van der Waals surface area contributed by atoms with Crippen LogP contribution in [0.3, 0.4) is 0 Å². The zero-order valence-electron chi connectivity index (χ0n) is 29.8. The predicted octanol–water partition coefficient (Wildman–Crippen LogP) is 14.2. The number of benzene rings is 9. The van der Waals surface area contributed by atoms with Crippen molar-refractivity contribution in [3.8, 4) is 56.2 Å². The van der Waals surface area contributed by atoms with E-state index in [0.29, 0.717) is 5.82 Å². The van der Waals surface area contributed by atoms with Gasteiger partial charge in [-0.05, 0) is 79.5 Å². The lowest BCUT2D eigenvalue weighted by Crippen LogP contribution is -1.97. The van der Waals surface area contributed by atoms with Crippen LogP contribution in [0.2, 0.25) is 0 Å². The van der Waals surface area contributed by atoms with E-state index >= 15 is 0 Å². The third-order valence-corrected chi connectivity index (χ3v) is 10.9. The van der Waals surface area contributed by atoms with Gasteiger partial charge in [0.2, 0.25) is 0 Å². The lowest BCUT2D eigenvalue weighted by Gasteiger charge is -2.14. The summed E-state index contributed by atoms with van der Waals surface area (Å²) >= 11 is 0. The summed E-state index contributed by atoms with van der Waals surface area (Å²) in [6, 6.07) is 68.5. The minimum atomic E-state index is 0.674. The van der Waals surface area contributed by atoms with Crippen LogP contribution in [0.5, 0.6) is 0 Å². The Labute approximate surface area is 317 Å². The number of rotatable bonds is 5. The van der Waals surface area contributed by atoms with Gasteiger partial charge in [-0.1, -0.05) is 164 Å². The van der Waals surface area contributed by atoms with E-state index in [0.717, 1.165) is 77.3 Å². The van der Waals surface area contributed by atoms with Gasteiger partial charge >= 0.3 is 0 Å². The second-order valence-corrected chi connectivity index (χ2v) is 14.1. The van der Waals surface area contributed by atoms with Gasteiger partial charge in [-0.15, -0.1) is 0 Å². The molecule has 11 aromatic rings. The highest BCUT2D eigenvalue weighted by Gasteiger charge is 2.19. The lowest BCUT2D eigenvalue weighted by atomic mass is 9.94. The fourth-order valence-corrected chi connectivity index (χ4v) is 8.20. The molecular weight excluding hydrogens is 669 g/mol. The Kier molecular flexibility index (Phi) is 7.17. The summed E-state index contributed by atoms with van der Waals surface area (Å²) in [5.74, 6) is 0.674. The highest BCUT2D eigenvalue weighted by Crippen LogP contribution is 2.42. The van der Waals surface area contributed by atoms with Gasteiger partial charge in [-0.25, -0.2) is 9.97 Å². The zero-order chi connectivity index (χ0) is 36.3. The van der Waals surface area contributed by atoms with Crippen molar-refractivity contribution in [2.75, 3.05) is 0 Å². The molecule has 0 N–H and O–H groups in total. The Morgan fingerprint density at radius 2 is 0.909 bits per heavy atom. The second-order valence-electron chi connectivity index (χ2n) is 14.1. The van der Waals surface area contributed by atoms with Gasteiger partial charge in [0.25, 0.3) is 0 Å². The molecule has 0 bridgehead atoms. The molecule has 0 aliphatic rings. The fourth-order valence-electron chi connectivity index (χ4n) is 8.20. The van der Waals surface area contributed by atoms with Gasteiger partial charge in [-0.3, -0.25) is 0 Å². The van der Waals surface area contributed by atoms with Gasteiger partial charge in [0.15, 0.2) is 5.82 Å². The smallest absolute Gasteiger partial charge is 0.161 e. The van der Waals surface area contributed by atoms with E-state index in [2.05, 4.69) is 188 Å². The molecule has 3 heteroatoms. The number of furan rings is 1. The molecule has 11 rings (SSSR count). The van der Waals surface area contributed by atoms with E-state index in [1.165, 1.54) is 27.3 Å². The molecule has 256 valence electrons. The number of hydrogen-bond acceptors (Lipinski definition) is 3. The average Bonchev–Trinajstić information content (AvgIpc) is 3.64. The minimum Gasteiger partial charge on any atom is -0.455 e. The van der Waals surface area contributed by atoms with Crippen LogP contribution in [0.15, 0.2) is 199 Å². The minimum absolute atomic E-state index is 0.674. The molecule has 0 unspecified atom stereocenters. The first kappa shape index (κ1) is 31.2. The highest BCUT2D eigenvalue weighted by atomic mass is 16.3. The number of fused-ring (bicyclic) bond motifs is 7. The van der Waals surface area contributed by atoms with Crippen molar-refractivity contribution in [1.82, 2.24) is 9.97 Å². The molecule has 0 saturated carbocycles. The molecular formula is C52H32N2O. The molecule has 0 aliphatic heterocycles. The Morgan fingerprint density at radius 1 is 0.309 bits per heavy atom. The van der Waals surface area contributed by atoms with E-state index in [1.807, 2.05) is 6.07 Å². The van der Waals surface area contributed by atoms with Crippen molar-refractivity contribution in [3.63, 3.8) is 0 Å². The fraction of sp³-hybridized carbons (Fsp3) is 0. The molecule has 2 aromatic heterocycles. The molecule has 3 nitrogen and oxygen atoms in total. The summed E-state index contributed by atoms with van der Waals surface area (Å²) in [5.41, 5.74) is 11.2. The lowest BCUT2D eigenvalue weighted by molar-refractivity contribution is 0.673. The van der Waals surface area contributed by atoms with E-state index in [4.69, 9.17) is 14.4 Å². The summed E-state index contributed by atoms with van der Waals surface area (Å²) in [5, 5.41) is 8.97. The maximum atomic E-state index is 6.75. The summed E-state index contributed by atoms with van der Waals surface area (Å²) in [4.78, 5) is 10.7. The standard InChI is InChI=1S/C52H32N2O/c1-3-14-34(15-4-1)39-21-11-23-41-40(39)22-12-24-43(41)49-32-48(35-16-5-2-6-17-35)53-52(54-49)47-31-46-44-28-27-38(37-26-25-33-13-7-8-18-36(33)29-37)30-50(44)55-51(46)45-20-10-9-19-42(45)47/h1-32H. The highest BCUT2D eigenvalue weighted by molar-refractivity contribution is 6.19. The van der Waals surface area contributed by atoms with Crippen LogP contribution in [-0.4, -0.2) is 9.97 Å². The van der Waals surface area contributed by atoms with E-state index in [1.54, 1.807) is 0 Å². The summed E-state index contributed by atoms with van der Waals surface area (Å²) in [6.45, 7) is 0. The monoisotopic (exact) mass is 700 g/mol. The quantitative estimate of drug-likeness (QED) is 0.179. The maximum Gasteiger partial charge on any atom is 0.161 e.